The van der Waals surface area contributed by atoms with Crippen LogP contribution in [0.4, 0.5) is 0 Å². The van der Waals surface area contributed by atoms with Crippen LogP contribution in [0.15, 0.2) is 18.2 Å². The Morgan fingerprint density at radius 2 is 1.94 bits per heavy atom. The Bertz CT molecular complexity index is 364. The van der Waals surface area contributed by atoms with Crippen LogP contribution in [0.2, 0.25) is 10.0 Å². The second kappa shape index (κ2) is 7.56. The first kappa shape index (κ1) is 16.1. The van der Waals surface area contributed by atoms with Crippen LogP contribution >= 0.6 is 35.6 Å². The molecule has 1 atom stereocenters. The quantitative estimate of drug-likeness (QED) is 0.918. The molecule has 1 aromatic rings. The maximum Gasteiger partial charge on any atom is 0.0424 e. The van der Waals surface area contributed by atoms with E-state index in [0.717, 1.165) is 29.7 Å². The minimum Gasteiger partial charge on any atom is -0.316 e. The highest BCUT2D eigenvalue weighted by molar-refractivity contribution is 6.34. The summed E-state index contributed by atoms with van der Waals surface area (Å²) in [4.78, 5) is 2.45. The van der Waals surface area contributed by atoms with Crippen molar-refractivity contribution < 1.29 is 0 Å². The maximum atomic E-state index is 6.01. The van der Waals surface area contributed by atoms with E-state index in [4.69, 9.17) is 23.2 Å². The second-order valence-electron chi connectivity index (χ2n) is 4.64. The third-order valence-electron chi connectivity index (χ3n) is 3.24. The number of halogens is 3. The highest BCUT2D eigenvalue weighted by atomic mass is 35.5. The molecule has 1 fully saturated rings. The smallest absolute Gasteiger partial charge is 0.0424 e. The molecule has 2 rings (SSSR count). The lowest BCUT2D eigenvalue weighted by atomic mass is 10.1. The third kappa shape index (κ3) is 4.60. The van der Waals surface area contributed by atoms with E-state index < -0.39 is 0 Å². The van der Waals surface area contributed by atoms with Gasteiger partial charge in [0.1, 0.15) is 0 Å². The molecule has 0 aromatic heterocycles. The van der Waals surface area contributed by atoms with Gasteiger partial charge in [-0.25, -0.2) is 0 Å². The summed E-state index contributed by atoms with van der Waals surface area (Å²) in [5, 5.41) is 4.78. The lowest BCUT2D eigenvalue weighted by molar-refractivity contribution is 0.188. The van der Waals surface area contributed by atoms with Gasteiger partial charge in [-0.2, -0.15) is 0 Å². The van der Waals surface area contributed by atoms with E-state index in [-0.39, 0.29) is 12.4 Å². The molecule has 0 amide bonds. The Morgan fingerprint density at radius 3 is 2.56 bits per heavy atom. The van der Waals surface area contributed by atoms with Gasteiger partial charge in [-0.15, -0.1) is 12.4 Å². The summed E-state index contributed by atoms with van der Waals surface area (Å²) in [7, 11) is 2.03. The summed E-state index contributed by atoms with van der Waals surface area (Å²) in [6.45, 7) is 3.18. The van der Waals surface area contributed by atoms with Crippen molar-refractivity contribution in [2.45, 2.75) is 25.4 Å². The summed E-state index contributed by atoms with van der Waals surface area (Å²) < 4.78 is 0. The van der Waals surface area contributed by atoms with Gasteiger partial charge in [-0.1, -0.05) is 23.2 Å². The number of nitrogens with one attached hydrogen (secondary N) is 1. The Balaban J connectivity index is 0.00000162. The molecule has 0 saturated carbocycles. The van der Waals surface area contributed by atoms with Gasteiger partial charge in [0.25, 0.3) is 0 Å². The van der Waals surface area contributed by atoms with Crippen LogP contribution in [-0.2, 0) is 6.54 Å². The third-order valence-corrected chi connectivity index (χ3v) is 3.68. The van der Waals surface area contributed by atoms with Crippen LogP contribution in [0, 0.1) is 0 Å². The molecule has 1 N–H and O–H groups in total. The zero-order chi connectivity index (χ0) is 12.3. The average Bonchev–Trinajstić information content (AvgIpc) is 2.28. The summed E-state index contributed by atoms with van der Waals surface area (Å²) in [5.74, 6) is 0. The van der Waals surface area contributed by atoms with Crippen molar-refractivity contribution in [3.05, 3.63) is 33.8 Å². The minimum atomic E-state index is 0. The Kier molecular flexibility index (Phi) is 6.75. The molecule has 5 heteroatoms. The highest BCUT2D eigenvalue weighted by Crippen LogP contribution is 2.21. The Morgan fingerprint density at radius 1 is 1.28 bits per heavy atom. The number of likely N-dealkylation sites (N-methyl/N-ethyl adjacent to an activating group) is 1. The molecule has 102 valence electrons. The molecule has 1 heterocycles. The van der Waals surface area contributed by atoms with E-state index in [1.54, 1.807) is 6.07 Å². The van der Waals surface area contributed by atoms with Crippen molar-refractivity contribution in [2.75, 3.05) is 20.1 Å². The molecule has 1 unspecified atom stereocenters. The van der Waals surface area contributed by atoms with Crippen molar-refractivity contribution in [3.8, 4) is 0 Å². The van der Waals surface area contributed by atoms with Crippen LogP contribution in [-0.4, -0.2) is 31.1 Å². The predicted molar refractivity (Wildman–Crippen MR) is 81.1 cm³/mol. The van der Waals surface area contributed by atoms with Crippen LogP contribution in [0.3, 0.4) is 0 Å². The van der Waals surface area contributed by atoms with Gasteiger partial charge in [-0.05, 0) is 50.2 Å². The van der Waals surface area contributed by atoms with Gasteiger partial charge in [0.05, 0.1) is 0 Å². The molecule has 1 saturated heterocycles. The summed E-state index contributed by atoms with van der Waals surface area (Å²) in [6, 6.07) is 6.38. The van der Waals surface area contributed by atoms with Gasteiger partial charge >= 0.3 is 0 Å². The zero-order valence-corrected chi connectivity index (χ0v) is 12.8. The fraction of sp³-hybridized carbons (Fsp3) is 0.538. The first-order valence-electron chi connectivity index (χ1n) is 6.02. The maximum absolute atomic E-state index is 6.01. The van der Waals surface area contributed by atoms with Crippen LogP contribution < -0.4 is 5.32 Å². The summed E-state index contributed by atoms with van der Waals surface area (Å²) in [6.07, 6.45) is 2.52. The number of benzene rings is 1. The topological polar surface area (TPSA) is 15.3 Å². The SMILES string of the molecule is CNC1CCCN(Cc2cc(Cl)cc(Cl)c2)C1.Cl. The molecule has 0 radical (unpaired) electrons. The molecule has 1 aliphatic heterocycles. The lowest BCUT2D eigenvalue weighted by Gasteiger charge is -2.32. The van der Waals surface area contributed by atoms with Crippen LogP contribution in [0.25, 0.3) is 0 Å². The monoisotopic (exact) mass is 308 g/mol. The molecular weight excluding hydrogens is 291 g/mol. The van der Waals surface area contributed by atoms with E-state index >= 15 is 0 Å². The van der Waals surface area contributed by atoms with Crippen molar-refractivity contribution in [1.29, 1.82) is 0 Å². The van der Waals surface area contributed by atoms with Crippen LogP contribution in [0.1, 0.15) is 18.4 Å². The number of rotatable bonds is 3. The minimum absolute atomic E-state index is 0. The van der Waals surface area contributed by atoms with Gasteiger partial charge in [0.2, 0.25) is 0 Å². The molecule has 0 bridgehead atoms. The largest absolute Gasteiger partial charge is 0.316 e. The first-order valence-corrected chi connectivity index (χ1v) is 6.77. The standard InChI is InChI=1S/C13H18Cl2N2.ClH/c1-16-13-3-2-4-17(9-13)8-10-5-11(14)7-12(15)6-10;/h5-7,13,16H,2-4,8-9H2,1H3;1H. The number of nitrogens with zero attached hydrogens (tertiary/aromatic N) is 1. The Hall–Kier alpha value is 0.01000. The summed E-state index contributed by atoms with van der Waals surface area (Å²) in [5.41, 5.74) is 1.19. The van der Waals surface area contributed by atoms with Crippen molar-refractivity contribution in [1.82, 2.24) is 10.2 Å². The lowest BCUT2D eigenvalue weighted by Crippen LogP contribution is -2.43. The second-order valence-corrected chi connectivity index (χ2v) is 5.51. The molecule has 1 aliphatic rings. The predicted octanol–water partition coefficient (Wildman–Crippen LogP) is 3.60. The van der Waals surface area contributed by atoms with Gasteiger partial charge in [0.15, 0.2) is 0 Å². The normalized spacial score (nSPS) is 20.5. The van der Waals surface area contributed by atoms with Gasteiger partial charge < -0.3 is 5.32 Å². The zero-order valence-electron chi connectivity index (χ0n) is 10.5. The fourth-order valence-corrected chi connectivity index (χ4v) is 2.97. The van der Waals surface area contributed by atoms with Crippen molar-refractivity contribution in [2.24, 2.45) is 0 Å². The first-order chi connectivity index (χ1) is 8.17. The van der Waals surface area contributed by atoms with E-state index in [0.29, 0.717) is 6.04 Å². The fourth-order valence-electron chi connectivity index (χ4n) is 2.40. The van der Waals surface area contributed by atoms with Crippen molar-refractivity contribution in [3.63, 3.8) is 0 Å². The van der Waals surface area contributed by atoms with E-state index in [9.17, 15) is 0 Å². The van der Waals surface area contributed by atoms with E-state index in [2.05, 4.69) is 10.2 Å². The molecule has 2 nitrogen and oxygen atoms in total. The highest BCUT2D eigenvalue weighted by Gasteiger charge is 2.18. The Labute approximate surface area is 125 Å². The number of piperidine rings is 1. The van der Waals surface area contributed by atoms with Crippen LogP contribution in [0.5, 0.6) is 0 Å². The average molecular weight is 310 g/mol. The molecule has 0 aliphatic carbocycles. The molecule has 0 spiro atoms. The number of likely N-dealkylation sites (tertiary alicyclic amines) is 1. The van der Waals surface area contributed by atoms with E-state index in [1.807, 2.05) is 19.2 Å². The summed E-state index contributed by atoms with van der Waals surface area (Å²) >= 11 is 12.0. The van der Waals surface area contributed by atoms with E-state index in [1.165, 1.54) is 18.4 Å². The van der Waals surface area contributed by atoms with Crippen molar-refractivity contribution >= 4 is 35.6 Å². The molecule has 18 heavy (non-hydrogen) atoms. The number of hydrogen-bond acceptors (Lipinski definition) is 2. The molecular formula is C13H19Cl3N2. The number of hydrogen-bond donors (Lipinski definition) is 1. The molecule has 1 aromatic carbocycles. The van der Waals surface area contributed by atoms with Gasteiger partial charge in [-0.3, -0.25) is 4.90 Å². The van der Waals surface area contributed by atoms with Gasteiger partial charge in [0, 0.05) is 29.2 Å².